The van der Waals surface area contributed by atoms with Gasteiger partial charge in [-0.2, -0.15) is 0 Å². The number of nitrogen functional groups attached to an aromatic ring is 1. The molecule has 0 fully saturated rings. The smallest absolute Gasteiger partial charge is 0.270 e. The summed E-state index contributed by atoms with van der Waals surface area (Å²) in [4.78, 5) is 20.1. The zero-order valence-corrected chi connectivity index (χ0v) is 9.42. The third-order valence-corrected chi connectivity index (χ3v) is 2.75. The molecule has 0 saturated carbocycles. The van der Waals surface area contributed by atoms with Gasteiger partial charge < -0.3 is 11.1 Å². The molecule has 0 aliphatic heterocycles. The Morgan fingerprint density at radius 3 is 2.88 bits per heavy atom. The van der Waals surface area contributed by atoms with Crippen LogP contribution in [0.1, 0.15) is 41.5 Å². The van der Waals surface area contributed by atoms with Gasteiger partial charge in [-0.05, 0) is 32.6 Å². The van der Waals surface area contributed by atoms with Gasteiger partial charge in [-0.25, -0.2) is 9.97 Å². The number of hydrogen-bond donors (Lipinski definition) is 2. The largest absolute Gasteiger partial charge is 0.368 e. The lowest BCUT2D eigenvalue weighted by Crippen LogP contribution is -2.27. The summed E-state index contributed by atoms with van der Waals surface area (Å²) in [5.41, 5.74) is 8.00. The van der Waals surface area contributed by atoms with Crippen LogP contribution in [0.5, 0.6) is 0 Å². The summed E-state index contributed by atoms with van der Waals surface area (Å²) >= 11 is 0. The zero-order chi connectivity index (χ0) is 11.5. The second-order valence-electron chi connectivity index (χ2n) is 3.92. The Kier molecular flexibility index (Phi) is 3.03. The van der Waals surface area contributed by atoms with Crippen LogP contribution in [0.25, 0.3) is 0 Å². The van der Waals surface area contributed by atoms with Gasteiger partial charge in [0.2, 0.25) is 5.95 Å². The fourth-order valence-electron chi connectivity index (χ4n) is 2.05. The van der Waals surface area contributed by atoms with Gasteiger partial charge in [0.15, 0.2) is 0 Å². The number of nitrogens with zero attached hydrogens (tertiary/aromatic N) is 2. The number of nitrogens with one attached hydrogen (secondary N) is 1. The van der Waals surface area contributed by atoms with E-state index >= 15 is 0 Å². The second kappa shape index (κ2) is 4.47. The van der Waals surface area contributed by atoms with Crippen LogP contribution in [0.4, 0.5) is 5.95 Å². The molecule has 1 heterocycles. The van der Waals surface area contributed by atoms with Crippen LogP contribution < -0.4 is 11.1 Å². The molecule has 0 aromatic carbocycles. The molecule has 1 aliphatic rings. The molecule has 0 spiro atoms. The summed E-state index contributed by atoms with van der Waals surface area (Å²) in [6.45, 7) is 2.48. The van der Waals surface area contributed by atoms with E-state index in [4.69, 9.17) is 5.73 Å². The van der Waals surface area contributed by atoms with Crippen LogP contribution in [0.3, 0.4) is 0 Å². The molecule has 86 valence electrons. The maximum atomic E-state index is 11.8. The molecule has 16 heavy (non-hydrogen) atoms. The topological polar surface area (TPSA) is 80.9 Å². The molecule has 2 rings (SSSR count). The van der Waals surface area contributed by atoms with E-state index in [0.29, 0.717) is 12.2 Å². The number of fused-ring (bicyclic) bond motifs is 1. The van der Waals surface area contributed by atoms with E-state index in [1.807, 2.05) is 6.92 Å². The quantitative estimate of drug-likeness (QED) is 0.768. The molecule has 5 nitrogen and oxygen atoms in total. The number of hydrogen-bond acceptors (Lipinski definition) is 4. The van der Waals surface area contributed by atoms with Crippen molar-refractivity contribution in [3.05, 3.63) is 17.0 Å². The van der Waals surface area contributed by atoms with Crippen LogP contribution in [-0.2, 0) is 12.8 Å². The van der Waals surface area contributed by atoms with Gasteiger partial charge in [0.05, 0.1) is 0 Å². The zero-order valence-electron chi connectivity index (χ0n) is 9.42. The van der Waals surface area contributed by atoms with E-state index in [2.05, 4.69) is 15.3 Å². The number of carbonyl (C=O) groups is 1. The van der Waals surface area contributed by atoms with Gasteiger partial charge in [0, 0.05) is 17.8 Å². The molecular weight excluding hydrogens is 204 g/mol. The Hall–Kier alpha value is -1.65. The van der Waals surface area contributed by atoms with Crippen molar-refractivity contribution in [2.75, 3.05) is 12.3 Å². The van der Waals surface area contributed by atoms with Crippen LogP contribution >= 0.6 is 0 Å². The summed E-state index contributed by atoms with van der Waals surface area (Å²) in [7, 11) is 0. The van der Waals surface area contributed by atoms with Crippen molar-refractivity contribution in [3.63, 3.8) is 0 Å². The van der Waals surface area contributed by atoms with Crippen LogP contribution in [0.2, 0.25) is 0 Å². The van der Waals surface area contributed by atoms with Gasteiger partial charge in [-0.15, -0.1) is 0 Å². The summed E-state index contributed by atoms with van der Waals surface area (Å²) < 4.78 is 0. The molecule has 3 N–H and O–H groups in total. The standard InChI is InChI=1S/C11H16N4O/c1-2-13-10(16)9-7-5-3-4-6-8(7)14-11(12)15-9/h2-6H2,1H3,(H,13,16)(H2,12,14,15). The minimum Gasteiger partial charge on any atom is -0.368 e. The summed E-state index contributed by atoms with van der Waals surface area (Å²) in [5.74, 6) is 0.0525. The Bertz CT molecular complexity index is 417. The highest BCUT2D eigenvalue weighted by atomic mass is 16.1. The lowest BCUT2D eigenvalue weighted by molar-refractivity contribution is 0.0949. The first kappa shape index (κ1) is 10.9. The summed E-state index contributed by atoms with van der Waals surface area (Å²) in [5, 5.41) is 2.75. The Balaban J connectivity index is 2.43. The predicted molar refractivity (Wildman–Crippen MR) is 61.1 cm³/mol. The highest BCUT2D eigenvalue weighted by Gasteiger charge is 2.20. The number of aryl methyl sites for hydroxylation is 1. The molecule has 0 saturated heterocycles. The predicted octanol–water partition coefficient (Wildman–Crippen LogP) is 0.687. The molecule has 0 unspecified atom stereocenters. The summed E-state index contributed by atoms with van der Waals surface area (Å²) in [6, 6.07) is 0. The molecular formula is C11H16N4O. The van der Waals surface area contributed by atoms with Crippen molar-refractivity contribution in [2.24, 2.45) is 0 Å². The molecule has 0 bridgehead atoms. The average Bonchev–Trinajstić information content (AvgIpc) is 2.28. The van der Waals surface area contributed by atoms with E-state index in [1.54, 1.807) is 0 Å². The van der Waals surface area contributed by atoms with Gasteiger partial charge in [0.1, 0.15) is 5.69 Å². The van der Waals surface area contributed by atoms with Crippen LogP contribution in [0.15, 0.2) is 0 Å². The number of amides is 1. The average molecular weight is 220 g/mol. The molecule has 0 radical (unpaired) electrons. The first-order valence-electron chi connectivity index (χ1n) is 5.65. The molecule has 1 aromatic rings. The Labute approximate surface area is 94.5 Å². The third kappa shape index (κ3) is 1.98. The van der Waals surface area contributed by atoms with Crippen molar-refractivity contribution >= 4 is 11.9 Å². The van der Waals surface area contributed by atoms with Crippen LogP contribution in [0, 0.1) is 0 Å². The SMILES string of the molecule is CCNC(=O)c1nc(N)nc2c1CCCC2. The van der Waals surface area contributed by atoms with Crippen molar-refractivity contribution in [3.8, 4) is 0 Å². The maximum absolute atomic E-state index is 11.8. The Morgan fingerprint density at radius 2 is 2.12 bits per heavy atom. The fraction of sp³-hybridized carbons (Fsp3) is 0.545. The molecule has 1 amide bonds. The maximum Gasteiger partial charge on any atom is 0.270 e. The highest BCUT2D eigenvalue weighted by Crippen LogP contribution is 2.22. The number of nitrogens with two attached hydrogens (primary N) is 1. The van der Waals surface area contributed by atoms with Crippen molar-refractivity contribution in [1.29, 1.82) is 0 Å². The van der Waals surface area contributed by atoms with E-state index < -0.39 is 0 Å². The number of rotatable bonds is 2. The van der Waals surface area contributed by atoms with Gasteiger partial charge >= 0.3 is 0 Å². The van der Waals surface area contributed by atoms with Gasteiger partial charge in [-0.1, -0.05) is 0 Å². The monoisotopic (exact) mass is 220 g/mol. The normalized spacial score (nSPS) is 14.3. The van der Waals surface area contributed by atoms with E-state index in [9.17, 15) is 4.79 Å². The van der Waals surface area contributed by atoms with Crippen molar-refractivity contribution in [2.45, 2.75) is 32.6 Å². The molecule has 1 aromatic heterocycles. The lowest BCUT2D eigenvalue weighted by Gasteiger charge is -2.17. The fourth-order valence-corrected chi connectivity index (χ4v) is 2.05. The minimum absolute atomic E-state index is 0.144. The van der Waals surface area contributed by atoms with Crippen molar-refractivity contribution in [1.82, 2.24) is 15.3 Å². The van der Waals surface area contributed by atoms with Gasteiger partial charge in [-0.3, -0.25) is 4.79 Å². The minimum atomic E-state index is -0.144. The van der Waals surface area contributed by atoms with Crippen LogP contribution in [-0.4, -0.2) is 22.4 Å². The Morgan fingerprint density at radius 1 is 1.38 bits per heavy atom. The van der Waals surface area contributed by atoms with Gasteiger partial charge in [0.25, 0.3) is 5.91 Å². The first-order valence-corrected chi connectivity index (χ1v) is 5.65. The van der Waals surface area contributed by atoms with E-state index in [1.165, 1.54) is 0 Å². The molecule has 0 atom stereocenters. The lowest BCUT2D eigenvalue weighted by atomic mass is 9.94. The van der Waals surface area contributed by atoms with E-state index in [0.717, 1.165) is 36.9 Å². The van der Waals surface area contributed by atoms with Crippen molar-refractivity contribution < 1.29 is 4.79 Å². The third-order valence-electron chi connectivity index (χ3n) is 2.75. The number of aromatic nitrogens is 2. The molecule has 1 aliphatic carbocycles. The number of carbonyl (C=O) groups excluding carboxylic acids is 1. The first-order chi connectivity index (χ1) is 7.72. The summed E-state index contributed by atoms with van der Waals surface area (Å²) in [6.07, 6.45) is 3.97. The molecule has 5 heteroatoms. The van der Waals surface area contributed by atoms with E-state index in [-0.39, 0.29) is 11.9 Å². The second-order valence-corrected chi connectivity index (χ2v) is 3.92. The highest BCUT2D eigenvalue weighted by molar-refractivity contribution is 5.94. The number of anilines is 1.